The molecule has 2 N–H and O–H groups in total. The molecule has 0 aliphatic heterocycles. The molecule has 3 saturated carbocycles. The topological polar surface area (TPSA) is 50.4 Å². The van der Waals surface area contributed by atoms with Gasteiger partial charge in [0.15, 0.2) is 0 Å². The molecular formula is C21H38N2O2. The first kappa shape index (κ1) is 19.0. The van der Waals surface area contributed by atoms with Gasteiger partial charge in [-0.1, -0.05) is 20.8 Å². The summed E-state index contributed by atoms with van der Waals surface area (Å²) in [6.45, 7) is 13.2. The number of fused-ring (bicyclic) bond motifs is 2. The average Bonchev–Trinajstić information content (AvgIpc) is 2.80. The molecule has 2 bridgehead atoms. The molecule has 0 aromatic heterocycles. The zero-order valence-electron chi connectivity index (χ0n) is 17.1. The number of rotatable bonds is 3. The Morgan fingerprint density at radius 1 is 1.00 bits per heavy atom. The van der Waals surface area contributed by atoms with Gasteiger partial charge in [0.05, 0.1) is 0 Å². The van der Waals surface area contributed by atoms with Crippen LogP contribution in [0.25, 0.3) is 0 Å². The van der Waals surface area contributed by atoms with Gasteiger partial charge in [0, 0.05) is 18.1 Å². The number of hydrogen-bond acceptors (Lipinski definition) is 3. The van der Waals surface area contributed by atoms with E-state index in [1.54, 1.807) is 0 Å². The molecule has 3 atom stereocenters. The number of carbonyl (C=O) groups is 1. The summed E-state index contributed by atoms with van der Waals surface area (Å²) in [5.41, 5.74) is 0.496. The summed E-state index contributed by atoms with van der Waals surface area (Å²) in [5.74, 6) is 0.889. The molecule has 1 amide bonds. The molecule has 0 heterocycles. The summed E-state index contributed by atoms with van der Waals surface area (Å²) >= 11 is 0. The van der Waals surface area contributed by atoms with E-state index >= 15 is 0 Å². The fraction of sp³-hybridized carbons (Fsp3) is 0.952. The lowest BCUT2D eigenvalue weighted by Crippen LogP contribution is -2.51. The van der Waals surface area contributed by atoms with Crippen LogP contribution < -0.4 is 10.6 Å². The van der Waals surface area contributed by atoms with Gasteiger partial charge in [-0.3, -0.25) is 0 Å². The molecule has 0 aromatic carbocycles. The summed E-state index contributed by atoms with van der Waals surface area (Å²) in [7, 11) is 0. The van der Waals surface area contributed by atoms with Gasteiger partial charge in [0.1, 0.15) is 5.60 Å². The highest BCUT2D eigenvalue weighted by Crippen LogP contribution is 2.65. The maximum atomic E-state index is 11.9. The highest BCUT2D eigenvalue weighted by Gasteiger charge is 2.61. The molecule has 3 rings (SSSR count). The number of carbonyl (C=O) groups excluding carboxylic acids is 1. The average molecular weight is 351 g/mol. The molecule has 3 aliphatic carbocycles. The van der Waals surface area contributed by atoms with E-state index in [0.29, 0.717) is 22.9 Å². The molecule has 4 heteroatoms. The third-order valence-corrected chi connectivity index (χ3v) is 7.68. The summed E-state index contributed by atoms with van der Waals surface area (Å²) in [6, 6.07) is 1.54. The van der Waals surface area contributed by atoms with E-state index < -0.39 is 5.60 Å². The fourth-order valence-electron chi connectivity index (χ4n) is 5.62. The summed E-state index contributed by atoms with van der Waals surface area (Å²) in [4.78, 5) is 11.9. The Morgan fingerprint density at radius 3 is 2.08 bits per heavy atom. The second-order valence-electron chi connectivity index (χ2n) is 10.5. The van der Waals surface area contributed by atoms with Crippen molar-refractivity contribution in [3.63, 3.8) is 0 Å². The summed E-state index contributed by atoms with van der Waals surface area (Å²) < 4.78 is 5.38. The van der Waals surface area contributed by atoms with Crippen molar-refractivity contribution in [1.82, 2.24) is 10.6 Å². The SMILES string of the molecule is CC(C)(C)OC(=O)NC1CCC(NC2CC3CCC2(C)C3(C)C)CC1. The minimum Gasteiger partial charge on any atom is -0.444 e. The Labute approximate surface area is 153 Å². The van der Waals surface area contributed by atoms with Crippen molar-refractivity contribution in [2.24, 2.45) is 16.7 Å². The van der Waals surface area contributed by atoms with Crippen molar-refractivity contribution in [2.45, 2.75) is 110 Å². The van der Waals surface area contributed by atoms with Crippen LogP contribution in [0, 0.1) is 16.7 Å². The van der Waals surface area contributed by atoms with E-state index in [0.717, 1.165) is 31.6 Å². The van der Waals surface area contributed by atoms with E-state index in [2.05, 4.69) is 31.4 Å². The Bertz CT molecular complexity index is 503. The predicted octanol–water partition coefficient (Wildman–Crippen LogP) is 4.63. The van der Waals surface area contributed by atoms with Gasteiger partial charge in [-0.05, 0) is 82.5 Å². The zero-order chi connectivity index (χ0) is 18.5. The largest absolute Gasteiger partial charge is 0.444 e. The molecular weight excluding hydrogens is 312 g/mol. The van der Waals surface area contributed by atoms with Crippen molar-refractivity contribution >= 4 is 6.09 Å². The standard InChI is InChI=1S/C21H38N2O2/c1-19(2,3)25-18(24)23-16-9-7-15(8-10-16)22-17-13-14-11-12-21(17,6)20(14,4)5/h14-17,22H,7-13H2,1-6H3,(H,23,24). The maximum Gasteiger partial charge on any atom is 0.407 e. The van der Waals surface area contributed by atoms with Gasteiger partial charge >= 0.3 is 6.09 Å². The van der Waals surface area contributed by atoms with Crippen molar-refractivity contribution in [3.05, 3.63) is 0 Å². The molecule has 3 unspecified atom stereocenters. The van der Waals surface area contributed by atoms with Crippen LogP contribution in [0.15, 0.2) is 0 Å². The van der Waals surface area contributed by atoms with Crippen LogP contribution in [-0.2, 0) is 4.74 Å². The lowest BCUT2D eigenvalue weighted by molar-refractivity contribution is 0.0486. The van der Waals surface area contributed by atoms with Crippen LogP contribution in [0.1, 0.15) is 86.5 Å². The highest BCUT2D eigenvalue weighted by atomic mass is 16.6. The van der Waals surface area contributed by atoms with Gasteiger partial charge < -0.3 is 15.4 Å². The van der Waals surface area contributed by atoms with E-state index in [-0.39, 0.29) is 12.1 Å². The van der Waals surface area contributed by atoms with E-state index in [9.17, 15) is 4.79 Å². The lowest BCUT2D eigenvalue weighted by Gasteiger charge is -2.42. The smallest absolute Gasteiger partial charge is 0.407 e. The Hall–Kier alpha value is -0.770. The van der Waals surface area contributed by atoms with E-state index in [1.807, 2.05) is 20.8 Å². The monoisotopic (exact) mass is 350 g/mol. The molecule has 0 radical (unpaired) electrons. The molecule has 3 fully saturated rings. The minimum atomic E-state index is -0.424. The Morgan fingerprint density at radius 2 is 1.60 bits per heavy atom. The second kappa shape index (κ2) is 6.44. The first-order valence-corrected chi connectivity index (χ1v) is 10.3. The Kier molecular flexibility index (Phi) is 4.89. The van der Waals surface area contributed by atoms with E-state index in [4.69, 9.17) is 4.74 Å². The fourth-order valence-corrected chi connectivity index (χ4v) is 5.62. The van der Waals surface area contributed by atoms with Gasteiger partial charge in [-0.2, -0.15) is 0 Å². The molecule has 0 spiro atoms. The lowest BCUT2D eigenvalue weighted by atomic mass is 9.69. The van der Waals surface area contributed by atoms with Crippen LogP contribution >= 0.6 is 0 Å². The predicted molar refractivity (Wildman–Crippen MR) is 102 cm³/mol. The van der Waals surface area contributed by atoms with Crippen molar-refractivity contribution < 1.29 is 9.53 Å². The maximum absolute atomic E-state index is 11.9. The first-order chi connectivity index (χ1) is 11.5. The number of amides is 1. The van der Waals surface area contributed by atoms with Gasteiger partial charge in [0.2, 0.25) is 0 Å². The summed E-state index contributed by atoms with van der Waals surface area (Å²) in [5, 5.41) is 7.06. The summed E-state index contributed by atoms with van der Waals surface area (Å²) in [6.07, 6.45) is 8.26. The van der Waals surface area contributed by atoms with Crippen molar-refractivity contribution in [3.8, 4) is 0 Å². The van der Waals surface area contributed by atoms with Crippen LogP contribution in [0.4, 0.5) is 4.79 Å². The molecule has 144 valence electrons. The minimum absolute atomic E-state index is 0.264. The van der Waals surface area contributed by atoms with Crippen molar-refractivity contribution in [2.75, 3.05) is 0 Å². The van der Waals surface area contributed by atoms with Crippen LogP contribution in [-0.4, -0.2) is 29.8 Å². The third kappa shape index (κ3) is 3.70. The molecule has 3 aliphatic rings. The first-order valence-electron chi connectivity index (χ1n) is 10.3. The number of nitrogens with one attached hydrogen (secondary N) is 2. The molecule has 0 saturated heterocycles. The van der Waals surface area contributed by atoms with Gasteiger partial charge in [-0.15, -0.1) is 0 Å². The highest BCUT2D eigenvalue weighted by molar-refractivity contribution is 5.68. The number of ether oxygens (including phenoxy) is 1. The second-order valence-corrected chi connectivity index (χ2v) is 10.5. The normalized spacial score (nSPS) is 40.1. The van der Waals surface area contributed by atoms with Gasteiger partial charge in [0.25, 0.3) is 0 Å². The van der Waals surface area contributed by atoms with Crippen LogP contribution in [0.3, 0.4) is 0 Å². The zero-order valence-corrected chi connectivity index (χ0v) is 17.1. The molecule has 4 nitrogen and oxygen atoms in total. The quantitative estimate of drug-likeness (QED) is 0.780. The van der Waals surface area contributed by atoms with Crippen molar-refractivity contribution in [1.29, 1.82) is 0 Å². The molecule has 25 heavy (non-hydrogen) atoms. The van der Waals surface area contributed by atoms with Gasteiger partial charge in [-0.25, -0.2) is 4.79 Å². The third-order valence-electron chi connectivity index (χ3n) is 7.68. The number of alkyl carbamates (subject to hydrolysis) is 1. The van der Waals surface area contributed by atoms with E-state index in [1.165, 1.54) is 19.3 Å². The molecule has 0 aromatic rings. The van der Waals surface area contributed by atoms with Crippen LogP contribution in [0.5, 0.6) is 0 Å². The number of hydrogen-bond donors (Lipinski definition) is 2. The Balaban J connectivity index is 1.45. The van der Waals surface area contributed by atoms with Crippen LogP contribution in [0.2, 0.25) is 0 Å².